The molecule has 8 atom stereocenters. The number of hydrogen-bond acceptors (Lipinski definition) is 13. The van der Waals surface area contributed by atoms with Gasteiger partial charge in [0.25, 0.3) is 0 Å². The van der Waals surface area contributed by atoms with Gasteiger partial charge in [0.2, 0.25) is 35.4 Å². The third kappa shape index (κ3) is 19.1. The number of rotatable bonds is 26. The summed E-state index contributed by atoms with van der Waals surface area (Å²) in [6.07, 6.45) is -3.77. The zero-order valence-corrected chi connectivity index (χ0v) is 32.3. The van der Waals surface area contributed by atoms with Crippen LogP contribution in [-0.2, 0) is 40.0 Å². The van der Waals surface area contributed by atoms with Crippen molar-refractivity contribution in [1.82, 2.24) is 26.6 Å². The number of phenolic OH excluding ortho intramolecular Hbond substituents is 1. The number of nitrogens with one attached hydrogen (secondary N) is 5. The van der Waals surface area contributed by atoms with Crippen molar-refractivity contribution in [3.05, 3.63) is 29.8 Å². The molecule has 21 N–H and O–H groups in total. The van der Waals surface area contributed by atoms with Gasteiger partial charge in [-0.05, 0) is 63.6 Å². The highest BCUT2D eigenvalue weighted by atomic mass is 16.4. The fourth-order valence-electron chi connectivity index (χ4n) is 5.16. The predicted molar refractivity (Wildman–Crippen MR) is 209 cm³/mol. The van der Waals surface area contributed by atoms with Crippen molar-refractivity contribution in [2.75, 3.05) is 13.1 Å². The second kappa shape index (κ2) is 25.1. The standard InChI is InChI=1S/C34H57N13O11/c1-16(48)25(30(55)44-22(32(57)58)6-4-14-42-34(39)40)47-29(54)23(15-18-7-9-19(50)10-8-18)45-31(56)26(17(2)49)46-28(53)21(11-12-24(36)51)43-27(52)20(35)5-3-13-41-33(37)38/h7-10,16-17,20-23,25-26,48-50H,3-6,11-15,35H2,1-2H3,(H2,36,51)(H,43,52)(H,44,55)(H,45,56)(H,46,53)(H,47,54)(H,57,58)(H4,37,38,41)(H4,39,40,42)/t16-,17-,20+,21+,22+,23+,25+,26+/m1/s1. The van der Waals surface area contributed by atoms with Gasteiger partial charge in [-0.2, -0.15) is 0 Å². The van der Waals surface area contributed by atoms with E-state index in [1.165, 1.54) is 24.3 Å². The van der Waals surface area contributed by atoms with Crippen LogP contribution in [0.25, 0.3) is 0 Å². The van der Waals surface area contributed by atoms with E-state index in [0.29, 0.717) is 12.0 Å². The van der Waals surface area contributed by atoms with Gasteiger partial charge in [0.15, 0.2) is 11.9 Å². The van der Waals surface area contributed by atoms with E-state index in [2.05, 4.69) is 36.6 Å². The van der Waals surface area contributed by atoms with E-state index < -0.39 is 89.9 Å². The zero-order valence-electron chi connectivity index (χ0n) is 32.3. The summed E-state index contributed by atoms with van der Waals surface area (Å²) in [5.41, 5.74) is 32.7. The Balaban J connectivity index is 3.31. The van der Waals surface area contributed by atoms with E-state index >= 15 is 0 Å². The van der Waals surface area contributed by atoms with Crippen LogP contribution in [0.15, 0.2) is 34.3 Å². The fourth-order valence-corrected chi connectivity index (χ4v) is 5.16. The monoisotopic (exact) mass is 823 g/mol. The highest BCUT2D eigenvalue weighted by Crippen LogP contribution is 2.13. The summed E-state index contributed by atoms with van der Waals surface area (Å²) < 4.78 is 0. The predicted octanol–water partition coefficient (Wildman–Crippen LogP) is -6.10. The Labute approximate surface area is 334 Å². The maximum atomic E-state index is 13.8. The van der Waals surface area contributed by atoms with Crippen LogP contribution < -0.4 is 61.0 Å². The number of phenols is 1. The summed E-state index contributed by atoms with van der Waals surface area (Å²) in [6, 6.07) is -3.74. The van der Waals surface area contributed by atoms with Crippen LogP contribution in [0.3, 0.4) is 0 Å². The van der Waals surface area contributed by atoms with Crippen molar-refractivity contribution < 1.29 is 54.0 Å². The number of hydrogen-bond donors (Lipinski definition) is 15. The Hall–Kier alpha value is -6.27. The number of aliphatic hydroxyl groups excluding tert-OH is 2. The Morgan fingerprint density at radius 2 is 1.07 bits per heavy atom. The van der Waals surface area contributed by atoms with Crippen LogP contribution in [-0.4, -0.2) is 135 Å². The first-order valence-corrected chi connectivity index (χ1v) is 18.2. The Kier molecular flexibility index (Phi) is 21.5. The number of aliphatic imine (C=N–C) groups is 2. The Morgan fingerprint density at radius 3 is 1.52 bits per heavy atom. The van der Waals surface area contributed by atoms with E-state index in [0.717, 1.165) is 13.8 Å². The average Bonchev–Trinajstić information content (AvgIpc) is 3.13. The lowest BCUT2D eigenvalue weighted by molar-refractivity contribution is -0.143. The molecule has 0 aliphatic heterocycles. The lowest BCUT2D eigenvalue weighted by Crippen LogP contribution is -2.62. The molecule has 24 nitrogen and oxygen atoms in total. The van der Waals surface area contributed by atoms with Gasteiger partial charge >= 0.3 is 5.97 Å². The topological polar surface area (TPSA) is 441 Å². The molecule has 0 heterocycles. The van der Waals surface area contributed by atoms with Crippen molar-refractivity contribution in [3.8, 4) is 5.75 Å². The van der Waals surface area contributed by atoms with E-state index in [1.54, 1.807) is 0 Å². The number of amides is 6. The van der Waals surface area contributed by atoms with Gasteiger partial charge in [0.1, 0.15) is 36.0 Å². The van der Waals surface area contributed by atoms with Crippen molar-refractivity contribution in [2.24, 2.45) is 44.4 Å². The number of carboxylic acids is 1. The number of nitrogens with zero attached hydrogens (tertiary/aromatic N) is 2. The molecular formula is C34H57N13O11. The fraction of sp³-hybridized carbons (Fsp3) is 0.559. The van der Waals surface area contributed by atoms with Crippen molar-refractivity contribution >= 4 is 53.3 Å². The van der Waals surface area contributed by atoms with Gasteiger partial charge in [-0.3, -0.25) is 38.8 Å². The molecule has 324 valence electrons. The van der Waals surface area contributed by atoms with E-state index in [1.807, 2.05) is 0 Å². The number of aliphatic hydroxyl groups is 2. The van der Waals surface area contributed by atoms with Gasteiger partial charge in [0.05, 0.1) is 18.2 Å². The van der Waals surface area contributed by atoms with E-state index in [-0.39, 0.29) is 69.3 Å². The minimum absolute atomic E-state index is 0.0602. The molecule has 0 aromatic heterocycles. The van der Waals surface area contributed by atoms with Crippen molar-refractivity contribution in [1.29, 1.82) is 0 Å². The SMILES string of the molecule is C[C@@H](O)[C@H](NC(=O)[C@H](Cc1ccc(O)cc1)NC(=O)[C@@H](NC(=O)[C@H](CCC(N)=O)NC(=O)[C@@H](N)CCCN=C(N)N)[C@@H](C)O)C(=O)N[C@@H](CCCN=C(N)N)C(=O)O. The molecule has 24 heteroatoms. The van der Waals surface area contributed by atoms with Crippen LogP contribution >= 0.6 is 0 Å². The number of carbonyl (C=O) groups excluding carboxylic acids is 6. The molecule has 0 radical (unpaired) electrons. The summed E-state index contributed by atoms with van der Waals surface area (Å²) in [5, 5.41) is 52.1. The molecule has 0 saturated carbocycles. The summed E-state index contributed by atoms with van der Waals surface area (Å²) >= 11 is 0. The lowest BCUT2D eigenvalue weighted by atomic mass is 10.0. The van der Waals surface area contributed by atoms with E-state index in [4.69, 9.17) is 34.4 Å². The highest BCUT2D eigenvalue weighted by Gasteiger charge is 2.35. The van der Waals surface area contributed by atoms with Crippen LogP contribution in [0.1, 0.15) is 57.9 Å². The molecule has 1 rings (SSSR count). The smallest absolute Gasteiger partial charge is 0.326 e. The largest absolute Gasteiger partial charge is 0.508 e. The normalized spacial score (nSPS) is 15.0. The number of guanidine groups is 2. The third-order valence-corrected chi connectivity index (χ3v) is 8.31. The zero-order chi connectivity index (χ0) is 44.1. The Morgan fingerprint density at radius 1 is 0.621 bits per heavy atom. The molecule has 1 aromatic carbocycles. The second-order valence-electron chi connectivity index (χ2n) is 13.4. The van der Waals surface area contributed by atoms with Gasteiger partial charge in [-0.25, -0.2) is 4.79 Å². The minimum atomic E-state index is -1.78. The minimum Gasteiger partial charge on any atom is -0.508 e. The van der Waals surface area contributed by atoms with Gasteiger partial charge < -0.3 is 81.4 Å². The van der Waals surface area contributed by atoms with Crippen LogP contribution in [0, 0.1) is 0 Å². The molecule has 6 amide bonds. The molecule has 0 bridgehead atoms. The molecular weight excluding hydrogens is 766 g/mol. The van der Waals surface area contributed by atoms with Crippen molar-refractivity contribution in [3.63, 3.8) is 0 Å². The lowest BCUT2D eigenvalue weighted by Gasteiger charge is -2.28. The van der Waals surface area contributed by atoms with Gasteiger partial charge in [-0.15, -0.1) is 0 Å². The number of primary amides is 1. The quantitative estimate of drug-likeness (QED) is 0.0235. The highest BCUT2D eigenvalue weighted by molar-refractivity contribution is 5.97. The number of aromatic hydroxyl groups is 1. The van der Waals surface area contributed by atoms with Crippen LogP contribution in [0.2, 0.25) is 0 Å². The molecule has 0 aliphatic carbocycles. The molecule has 1 aromatic rings. The Bertz CT molecular complexity index is 1620. The molecule has 0 saturated heterocycles. The molecule has 58 heavy (non-hydrogen) atoms. The van der Waals surface area contributed by atoms with Crippen molar-refractivity contribution in [2.45, 2.75) is 107 Å². The van der Waals surface area contributed by atoms with Gasteiger partial charge in [-0.1, -0.05) is 12.1 Å². The van der Waals surface area contributed by atoms with Gasteiger partial charge in [0, 0.05) is 25.9 Å². The molecule has 0 unspecified atom stereocenters. The van der Waals surface area contributed by atoms with E-state index in [9.17, 15) is 54.0 Å². The first-order valence-electron chi connectivity index (χ1n) is 18.2. The summed E-state index contributed by atoms with van der Waals surface area (Å²) in [4.78, 5) is 98.0. The third-order valence-electron chi connectivity index (χ3n) is 8.31. The molecule has 0 fully saturated rings. The summed E-state index contributed by atoms with van der Waals surface area (Å²) in [7, 11) is 0. The number of benzene rings is 1. The number of carbonyl (C=O) groups is 7. The first kappa shape index (κ1) is 49.7. The van der Waals surface area contributed by atoms with Crippen LogP contribution in [0.5, 0.6) is 5.75 Å². The maximum Gasteiger partial charge on any atom is 0.326 e. The number of nitrogens with two attached hydrogens (primary N) is 6. The number of carboxylic acid groups (broad SMARTS) is 1. The summed E-state index contributed by atoms with van der Waals surface area (Å²) in [5.74, 6) is -7.81. The first-order chi connectivity index (χ1) is 27.1. The maximum absolute atomic E-state index is 13.8. The average molecular weight is 824 g/mol. The second-order valence-corrected chi connectivity index (χ2v) is 13.4. The number of aliphatic carboxylic acids is 1. The molecule has 0 aliphatic rings. The van der Waals surface area contributed by atoms with Crippen LogP contribution in [0.4, 0.5) is 0 Å². The molecule has 0 spiro atoms. The summed E-state index contributed by atoms with van der Waals surface area (Å²) in [6.45, 7) is 2.53.